The molecule has 3 aromatic rings. The van der Waals surface area contributed by atoms with E-state index in [2.05, 4.69) is 40.6 Å². The topological polar surface area (TPSA) is 135 Å². The van der Waals surface area contributed by atoms with E-state index in [9.17, 15) is 5.11 Å². The summed E-state index contributed by atoms with van der Waals surface area (Å²) in [7, 11) is 0. The molecule has 0 aliphatic rings. The number of aromatic nitrogens is 6. The lowest BCUT2D eigenvalue weighted by molar-refractivity contribution is 0.407. The Hall–Kier alpha value is -3.55. The first kappa shape index (κ1) is 16.3. The number of rotatable bonds is 3. The molecule has 0 aliphatic carbocycles. The zero-order valence-electron chi connectivity index (χ0n) is 14.0. The van der Waals surface area contributed by atoms with Crippen LogP contribution in [0.15, 0.2) is 21.0 Å². The molecule has 0 unspecified atom stereocenters. The van der Waals surface area contributed by atoms with Crippen LogP contribution in [0.1, 0.15) is 32.2 Å². The maximum absolute atomic E-state index is 10.3. The fraction of sp³-hybridized carbons (Fsp3) is 0.357. The van der Waals surface area contributed by atoms with E-state index in [1.807, 2.05) is 20.8 Å². The number of nitrogens with zero attached hydrogens (tertiary/aromatic N) is 8. The molecule has 0 atom stereocenters. The molecule has 11 nitrogen and oxygen atoms in total. The lowest BCUT2D eigenvalue weighted by Crippen LogP contribution is -2.11. The number of aromatic amines is 1. The van der Waals surface area contributed by atoms with Gasteiger partial charge in [0.25, 0.3) is 5.69 Å². The van der Waals surface area contributed by atoms with E-state index in [1.165, 1.54) is 0 Å². The van der Waals surface area contributed by atoms with Gasteiger partial charge < -0.3 is 9.52 Å². The van der Waals surface area contributed by atoms with Crippen LogP contribution in [0.5, 0.6) is 5.88 Å². The van der Waals surface area contributed by atoms with Crippen LogP contribution in [0.2, 0.25) is 0 Å². The highest BCUT2D eigenvalue weighted by molar-refractivity contribution is 5.67. The zero-order chi connectivity index (χ0) is 18.2. The molecule has 0 saturated heterocycles. The average molecular weight is 341 g/mol. The van der Waals surface area contributed by atoms with Crippen molar-refractivity contribution in [2.24, 2.45) is 10.2 Å². The van der Waals surface area contributed by atoms with Crippen molar-refractivity contribution in [2.75, 3.05) is 0 Å². The fourth-order valence-electron chi connectivity index (χ4n) is 2.14. The second kappa shape index (κ2) is 5.82. The Morgan fingerprint density at radius 2 is 2.12 bits per heavy atom. The lowest BCUT2D eigenvalue weighted by atomic mass is 9.91. The molecule has 0 saturated carbocycles. The number of hydrogen-bond acceptors (Lipinski definition) is 8. The van der Waals surface area contributed by atoms with Crippen molar-refractivity contribution >= 4 is 17.2 Å². The number of hydrogen-bond donors (Lipinski definition) is 2. The molecule has 0 bridgehead atoms. The number of H-pyrrole nitrogens is 1. The summed E-state index contributed by atoms with van der Waals surface area (Å²) in [6.45, 7) is 14.8. The van der Waals surface area contributed by atoms with Gasteiger partial charge in [0.1, 0.15) is 0 Å². The van der Waals surface area contributed by atoms with Crippen LogP contribution < -0.4 is 0 Å². The van der Waals surface area contributed by atoms with Gasteiger partial charge in [-0.15, -0.1) is 20.0 Å². The highest BCUT2D eigenvalue weighted by atomic mass is 16.4. The molecule has 128 valence electrons. The van der Waals surface area contributed by atoms with Crippen molar-refractivity contribution in [3.05, 3.63) is 29.2 Å². The molecule has 11 heteroatoms. The number of aryl methyl sites for hydroxylation is 1. The Morgan fingerprint density at radius 1 is 1.36 bits per heavy atom. The third kappa shape index (κ3) is 2.85. The lowest BCUT2D eigenvalue weighted by Gasteiger charge is -2.15. The van der Waals surface area contributed by atoms with E-state index in [1.54, 1.807) is 6.92 Å². The van der Waals surface area contributed by atoms with Gasteiger partial charge in [0.2, 0.25) is 12.3 Å². The monoisotopic (exact) mass is 341 g/mol. The third-order valence-corrected chi connectivity index (χ3v) is 3.33. The van der Waals surface area contributed by atoms with Crippen molar-refractivity contribution in [3.8, 4) is 11.9 Å². The van der Waals surface area contributed by atoms with Gasteiger partial charge in [0.15, 0.2) is 11.5 Å². The third-order valence-electron chi connectivity index (χ3n) is 3.33. The summed E-state index contributed by atoms with van der Waals surface area (Å²) in [5.41, 5.74) is 1.10. The largest absolute Gasteiger partial charge is 0.491 e. The van der Waals surface area contributed by atoms with E-state index < -0.39 is 0 Å². The minimum Gasteiger partial charge on any atom is -0.491 e. The van der Waals surface area contributed by atoms with Crippen LogP contribution in [-0.4, -0.2) is 35.3 Å². The zero-order valence-corrected chi connectivity index (χ0v) is 14.0. The summed E-state index contributed by atoms with van der Waals surface area (Å²) in [4.78, 5) is 3.49. The van der Waals surface area contributed by atoms with Crippen LogP contribution in [-0.2, 0) is 5.41 Å². The van der Waals surface area contributed by atoms with Gasteiger partial charge in [-0.3, -0.25) is 5.10 Å². The minimum absolute atomic E-state index is 0.000423. The van der Waals surface area contributed by atoms with Gasteiger partial charge in [-0.1, -0.05) is 25.9 Å². The average Bonchev–Trinajstić information content (AvgIpc) is 3.25. The molecule has 3 heterocycles. The second-order valence-electron chi connectivity index (χ2n) is 6.22. The van der Waals surface area contributed by atoms with E-state index in [0.29, 0.717) is 11.4 Å². The van der Waals surface area contributed by atoms with Crippen LogP contribution in [0.25, 0.3) is 10.9 Å². The predicted octanol–water partition coefficient (Wildman–Crippen LogP) is 3.26. The molecule has 2 N–H and O–H groups in total. The quantitative estimate of drug-likeness (QED) is 0.554. The number of aromatic hydroxyl groups is 1. The van der Waals surface area contributed by atoms with Crippen molar-refractivity contribution in [1.82, 2.24) is 30.2 Å². The molecule has 0 aliphatic heterocycles. The standard InChI is InChI=1S/C14H15N9O2/c1-7-8(12(24)23(22-7)13-21-16-6-25-13)17-19-11-9(15-5)10(18-20-11)14(2,3)4/h6,24H,1-4H3,(H,18,20)/b19-17+. The van der Waals surface area contributed by atoms with Gasteiger partial charge in [0.05, 0.1) is 18.0 Å². The molecule has 3 aromatic heterocycles. The molecular weight excluding hydrogens is 326 g/mol. The summed E-state index contributed by atoms with van der Waals surface area (Å²) in [5.74, 6) is -0.0883. The van der Waals surface area contributed by atoms with Gasteiger partial charge in [-0.25, -0.2) is 4.85 Å². The first-order valence-corrected chi connectivity index (χ1v) is 7.26. The number of azo groups is 1. The van der Waals surface area contributed by atoms with Gasteiger partial charge in [0, 0.05) is 0 Å². The highest BCUT2D eigenvalue weighted by Crippen LogP contribution is 2.39. The highest BCUT2D eigenvalue weighted by Gasteiger charge is 2.25. The molecule has 0 spiro atoms. The predicted molar refractivity (Wildman–Crippen MR) is 85.5 cm³/mol. The van der Waals surface area contributed by atoms with Crippen molar-refractivity contribution < 1.29 is 9.52 Å². The Balaban J connectivity index is 1.99. The van der Waals surface area contributed by atoms with Gasteiger partial charge in [-0.2, -0.15) is 10.2 Å². The maximum atomic E-state index is 10.3. The Labute approximate surface area is 142 Å². The van der Waals surface area contributed by atoms with Crippen LogP contribution >= 0.6 is 0 Å². The summed E-state index contributed by atoms with van der Waals surface area (Å²) < 4.78 is 6.05. The molecule has 0 amide bonds. The molecule has 0 aromatic carbocycles. The van der Waals surface area contributed by atoms with Crippen molar-refractivity contribution in [2.45, 2.75) is 33.1 Å². The molecule has 3 rings (SSSR count). The fourth-order valence-corrected chi connectivity index (χ4v) is 2.14. The summed E-state index contributed by atoms with van der Waals surface area (Å²) in [6, 6.07) is 0.000423. The summed E-state index contributed by atoms with van der Waals surface area (Å²) in [5, 5.41) is 36.4. The van der Waals surface area contributed by atoms with Gasteiger partial charge >= 0.3 is 6.01 Å². The van der Waals surface area contributed by atoms with E-state index in [0.717, 1.165) is 11.1 Å². The van der Waals surface area contributed by atoms with Crippen LogP contribution in [0, 0.1) is 13.5 Å². The molecule has 25 heavy (non-hydrogen) atoms. The maximum Gasteiger partial charge on any atom is 0.346 e. The molecule has 0 radical (unpaired) electrons. The Morgan fingerprint density at radius 3 is 2.72 bits per heavy atom. The first-order chi connectivity index (χ1) is 11.8. The summed E-state index contributed by atoms with van der Waals surface area (Å²) >= 11 is 0. The van der Waals surface area contributed by atoms with E-state index >= 15 is 0 Å². The summed E-state index contributed by atoms with van der Waals surface area (Å²) in [6.07, 6.45) is 1.12. The minimum atomic E-state index is -0.314. The molecule has 0 fully saturated rings. The Bertz CT molecular complexity index is 968. The van der Waals surface area contributed by atoms with Crippen LogP contribution in [0.3, 0.4) is 0 Å². The SMILES string of the molecule is [C-]#[N+]c1c(C(C)(C)C)n[nH]c1/N=N/c1c(C)nn(-c2nnco2)c1O. The first-order valence-electron chi connectivity index (χ1n) is 7.26. The number of nitrogens with one attached hydrogen (secondary N) is 1. The van der Waals surface area contributed by atoms with Crippen LogP contribution in [0.4, 0.5) is 17.2 Å². The molecular formula is C14H15N9O2. The van der Waals surface area contributed by atoms with Crippen molar-refractivity contribution in [1.29, 1.82) is 0 Å². The van der Waals surface area contributed by atoms with Crippen molar-refractivity contribution in [3.63, 3.8) is 0 Å². The van der Waals surface area contributed by atoms with E-state index in [-0.39, 0.29) is 34.5 Å². The Kier molecular flexibility index (Phi) is 3.80. The smallest absolute Gasteiger partial charge is 0.346 e. The van der Waals surface area contributed by atoms with Gasteiger partial charge in [-0.05, 0) is 12.3 Å². The van der Waals surface area contributed by atoms with E-state index in [4.69, 9.17) is 11.0 Å². The normalized spacial score (nSPS) is 12.0. The second-order valence-corrected chi connectivity index (χ2v) is 6.22.